The van der Waals surface area contributed by atoms with Gasteiger partial charge in [0.15, 0.2) is 0 Å². The minimum Gasteiger partial charge on any atom is -0.399 e. The lowest BCUT2D eigenvalue weighted by Crippen LogP contribution is -2.36. The molecule has 4 N–H and O–H groups in total. The molecule has 0 saturated heterocycles. The first-order valence-corrected chi connectivity index (χ1v) is 7.64. The van der Waals surface area contributed by atoms with Crippen molar-refractivity contribution < 1.29 is 4.79 Å². The highest BCUT2D eigenvalue weighted by molar-refractivity contribution is 6.00. The fourth-order valence-corrected chi connectivity index (χ4v) is 2.33. The SMILES string of the molecule is C/C(=C/C(=O)N(N)c1ccccc1)C(C)Cc1ccccc1N. The van der Waals surface area contributed by atoms with Crippen LogP contribution in [-0.2, 0) is 11.2 Å². The number of amides is 1. The number of hydrazine groups is 1. The van der Waals surface area contributed by atoms with E-state index in [9.17, 15) is 4.79 Å². The lowest BCUT2D eigenvalue weighted by molar-refractivity contribution is -0.114. The monoisotopic (exact) mass is 309 g/mol. The van der Waals surface area contributed by atoms with Gasteiger partial charge in [-0.2, -0.15) is 0 Å². The van der Waals surface area contributed by atoms with Crippen LogP contribution < -0.4 is 16.6 Å². The Hall–Kier alpha value is -2.59. The first-order valence-electron chi connectivity index (χ1n) is 7.64. The molecule has 2 rings (SSSR count). The molecule has 0 bridgehead atoms. The second-order valence-corrected chi connectivity index (χ2v) is 5.74. The first-order chi connectivity index (χ1) is 11.0. The van der Waals surface area contributed by atoms with E-state index < -0.39 is 0 Å². The zero-order chi connectivity index (χ0) is 16.8. The molecule has 0 aliphatic rings. The summed E-state index contributed by atoms with van der Waals surface area (Å²) in [6.45, 7) is 4.02. The van der Waals surface area contributed by atoms with E-state index in [1.807, 2.05) is 49.4 Å². The van der Waals surface area contributed by atoms with Crippen LogP contribution in [0.25, 0.3) is 0 Å². The molecule has 0 fully saturated rings. The number of nitrogens with two attached hydrogens (primary N) is 2. The van der Waals surface area contributed by atoms with Gasteiger partial charge in [0.05, 0.1) is 5.69 Å². The summed E-state index contributed by atoms with van der Waals surface area (Å²) in [7, 11) is 0. The standard InChI is InChI=1S/C19H23N3O/c1-14(12-16-8-6-7-11-18(16)20)15(2)13-19(23)22(21)17-9-4-3-5-10-17/h3-11,13-14H,12,20-21H2,1-2H3/b15-13-. The van der Waals surface area contributed by atoms with Crippen molar-refractivity contribution >= 4 is 17.3 Å². The molecule has 120 valence electrons. The van der Waals surface area contributed by atoms with Crippen LogP contribution in [0.15, 0.2) is 66.2 Å². The molecular weight excluding hydrogens is 286 g/mol. The summed E-state index contributed by atoms with van der Waals surface area (Å²) in [4.78, 5) is 12.3. The van der Waals surface area contributed by atoms with Crippen molar-refractivity contribution in [1.82, 2.24) is 0 Å². The molecule has 4 heteroatoms. The summed E-state index contributed by atoms with van der Waals surface area (Å²) in [5.74, 6) is 5.85. The van der Waals surface area contributed by atoms with Gasteiger partial charge in [0.2, 0.25) is 0 Å². The normalized spacial score (nSPS) is 12.7. The van der Waals surface area contributed by atoms with Gasteiger partial charge < -0.3 is 5.73 Å². The quantitative estimate of drug-likeness (QED) is 0.293. The smallest absolute Gasteiger partial charge is 0.265 e. The van der Waals surface area contributed by atoms with Gasteiger partial charge in [-0.05, 0) is 43.0 Å². The van der Waals surface area contributed by atoms with Crippen molar-refractivity contribution in [1.29, 1.82) is 0 Å². The summed E-state index contributed by atoms with van der Waals surface area (Å²) in [5.41, 5.74) is 9.50. The molecule has 0 spiro atoms. The number of hydrogen-bond acceptors (Lipinski definition) is 3. The molecule has 1 unspecified atom stereocenters. The number of benzene rings is 2. The highest BCUT2D eigenvalue weighted by Gasteiger charge is 2.13. The van der Waals surface area contributed by atoms with Crippen molar-refractivity contribution in [2.24, 2.45) is 11.8 Å². The fourth-order valence-electron chi connectivity index (χ4n) is 2.33. The zero-order valence-electron chi connectivity index (χ0n) is 13.6. The Labute approximate surface area is 137 Å². The molecule has 2 aromatic carbocycles. The number of nitrogen functional groups attached to an aromatic ring is 1. The largest absolute Gasteiger partial charge is 0.399 e. The number of carbonyl (C=O) groups excluding carboxylic acids is 1. The molecule has 23 heavy (non-hydrogen) atoms. The molecule has 0 aromatic heterocycles. The Kier molecular flexibility index (Phi) is 5.55. The van der Waals surface area contributed by atoms with Crippen molar-refractivity contribution in [3.8, 4) is 0 Å². The Balaban J connectivity index is 2.06. The summed E-state index contributed by atoms with van der Waals surface area (Å²) in [5, 5.41) is 1.16. The number of anilines is 2. The average molecular weight is 309 g/mol. The van der Waals surface area contributed by atoms with Crippen molar-refractivity contribution in [3.63, 3.8) is 0 Å². The van der Waals surface area contributed by atoms with E-state index in [0.717, 1.165) is 28.3 Å². The van der Waals surface area contributed by atoms with E-state index >= 15 is 0 Å². The van der Waals surface area contributed by atoms with Gasteiger partial charge in [0, 0.05) is 11.8 Å². The van der Waals surface area contributed by atoms with Crippen LogP contribution >= 0.6 is 0 Å². The zero-order valence-corrected chi connectivity index (χ0v) is 13.6. The third-order valence-electron chi connectivity index (χ3n) is 3.98. The second kappa shape index (κ2) is 7.61. The molecule has 1 amide bonds. The minimum absolute atomic E-state index is 0.202. The Morgan fingerprint density at radius 2 is 1.74 bits per heavy atom. The predicted octanol–water partition coefficient (Wildman–Crippen LogP) is 3.30. The second-order valence-electron chi connectivity index (χ2n) is 5.74. The topological polar surface area (TPSA) is 72.3 Å². The van der Waals surface area contributed by atoms with Gasteiger partial charge in [-0.1, -0.05) is 48.9 Å². The van der Waals surface area contributed by atoms with Crippen LogP contribution in [0.1, 0.15) is 19.4 Å². The molecule has 0 radical (unpaired) electrons. The van der Waals surface area contributed by atoms with E-state index in [1.54, 1.807) is 18.2 Å². The number of carbonyl (C=O) groups is 1. The van der Waals surface area contributed by atoms with Gasteiger partial charge in [-0.3, -0.25) is 4.79 Å². The molecule has 0 saturated carbocycles. The lowest BCUT2D eigenvalue weighted by Gasteiger charge is -2.17. The van der Waals surface area contributed by atoms with E-state index in [0.29, 0.717) is 5.69 Å². The Morgan fingerprint density at radius 1 is 1.13 bits per heavy atom. The van der Waals surface area contributed by atoms with E-state index in [4.69, 9.17) is 11.6 Å². The number of allylic oxidation sites excluding steroid dienone is 1. The highest BCUT2D eigenvalue weighted by Crippen LogP contribution is 2.21. The summed E-state index contributed by atoms with van der Waals surface area (Å²) in [6, 6.07) is 17.0. The third-order valence-corrected chi connectivity index (χ3v) is 3.98. The predicted molar refractivity (Wildman–Crippen MR) is 95.6 cm³/mol. The molecule has 0 aliphatic carbocycles. The average Bonchev–Trinajstić information content (AvgIpc) is 2.56. The number of nitrogens with zero attached hydrogens (tertiary/aromatic N) is 1. The first kappa shape index (κ1) is 16.8. The summed E-state index contributed by atoms with van der Waals surface area (Å²) >= 11 is 0. The van der Waals surface area contributed by atoms with Crippen molar-refractivity contribution in [2.45, 2.75) is 20.3 Å². The Bertz CT molecular complexity index is 695. The van der Waals surface area contributed by atoms with Crippen LogP contribution in [0.5, 0.6) is 0 Å². The van der Waals surface area contributed by atoms with Crippen LogP contribution in [-0.4, -0.2) is 5.91 Å². The lowest BCUT2D eigenvalue weighted by atomic mass is 9.93. The van der Waals surface area contributed by atoms with Crippen LogP contribution in [0.4, 0.5) is 11.4 Å². The fraction of sp³-hybridized carbons (Fsp3) is 0.211. The number of para-hydroxylation sites is 2. The summed E-state index contributed by atoms with van der Waals surface area (Å²) < 4.78 is 0. The van der Waals surface area contributed by atoms with E-state index in [1.165, 1.54) is 0 Å². The number of hydrogen-bond donors (Lipinski definition) is 2. The minimum atomic E-state index is -0.235. The maximum absolute atomic E-state index is 12.3. The number of rotatable bonds is 5. The van der Waals surface area contributed by atoms with Gasteiger partial charge in [0.1, 0.15) is 0 Å². The Morgan fingerprint density at radius 3 is 2.39 bits per heavy atom. The molecular formula is C19H23N3O. The van der Waals surface area contributed by atoms with E-state index in [2.05, 4.69) is 6.92 Å². The van der Waals surface area contributed by atoms with Gasteiger partial charge in [-0.15, -0.1) is 0 Å². The van der Waals surface area contributed by atoms with Crippen molar-refractivity contribution in [2.75, 3.05) is 10.7 Å². The third kappa shape index (κ3) is 4.44. The molecule has 1 atom stereocenters. The van der Waals surface area contributed by atoms with Gasteiger partial charge >= 0.3 is 0 Å². The maximum atomic E-state index is 12.3. The van der Waals surface area contributed by atoms with Crippen molar-refractivity contribution in [3.05, 3.63) is 71.8 Å². The van der Waals surface area contributed by atoms with Gasteiger partial charge in [-0.25, -0.2) is 10.9 Å². The molecule has 0 heterocycles. The van der Waals surface area contributed by atoms with Crippen LogP contribution in [0, 0.1) is 5.92 Å². The molecule has 0 aliphatic heterocycles. The molecule has 4 nitrogen and oxygen atoms in total. The van der Waals surface area contributed by atoms with Gasteiger partial charge in [0.25, 0.3) is 5.91 Å². The maximum Gasteiger partial charge on any atom is 0.265 e. The summed E-state index contributed by atoms with van der Waals surface area (Å²) in [6.07, 6.45) is 2.38. The van der Waals surface area contributed by atoms with Crippen LogP contribution in [0.3, 0.4) is 0 Å². The van der Waals surface area contributed by atoms with E-state index in [-0.39, 0.29) is 11.8 Å². The molecule has 2 aromatic rings. The highest BCUT2D eigenvalue weighted by atomic mass is 16.2. The van der Waals surface area contributed by atoms with Crippen LogP contribution in [0.2, 0.25) is 0 Å².